The van der Waals surface area contributed by atoms with E-state index in [0.717, 1.165) is 24.6 Å². The van der Waals surface area contributed by atoms with E-state index in [1.807, 2.05) is 7.11 Å². The fourth-order valence-corrected chi connectivity index (χ4v) is 3.21. The highest BCUT2D eigenvalue weighted by Crippen LogP contribution is 2.36. The third-order valence-electron chi connectivity index (χ3n) is 4.23. The third-order valence-corrected chi connectivity index (χ3v) is 4.23. The summed E-state index contributed by atoms with van der Waals surface area (Å²) in [7, 11) is 1.81. The van der Waals surface area contributed by atoms with Gasteiger partial charge in [-0.25, -0.2) is 0 Å². The zero-order valence-electron chi connectivity index (χ0n) is 13.7. The van der Waals surface area contributed by atoms with E-state index in [4.69, 9.17) is 4.74 Å². The average molecular weight is 275 g/mol. The minimum absolute atomic E-state index is 0.122. The minimum atomic E-state index is 0.122. The zero-order chi connectivity index (χ0) is 14.8. The van der Waals surface area contributed by atoms with E-state index in [-0.39, 0.29) is 5.41 Å². The maximum Gasteiger partial charge on any atom is 0.125 e. The van der Waals surface area contributed by atoms with Gasteiger partial charge in [0.15, 0.2) is 0 Å². The van der Waals surface area contributed by atoms with E-state index in [2.05, 4.69) is 45.1 Å². The van der Waals surface area contributed by atoms with Crippen molar-refractivity contribution in [2.24, 2.45) is 5.92 Å². The van der Waals surface area contributed by atoms with Crippen LogP contribution < -0.4 is 10.1 Å². The van der Waals surface area contributed by atoms with Gasteiger partial charge in [-0.15, -0.1) is 0 Å². The van der Waals surface area contributed by atoms with E-state index in [9.17, 15) is 0 Å². The summed E-state index contributed by atoms with van der Waals surface area (Å²) in [5, 5.41) is 3.51. The molecule has 1 aromatic carbocycles. The van der Waals surface area contributed by atoms with Gasteiger partial charge in [0.1, 0.15) is 5.75 Å². The second kappa shape index (κ2) is 6.17. The lowest BCUT2D eigenvalue weighted by molar-refractivity contribution is 0.359. The summed E-state index contributed by atoms with van der Waals surface area (Å²) >= 11 is 0. The Balaban J connectivity index is 2.33. The highest BCUT2D eigenvalue weighted by Gasteiger charge is 2.23. The summed E-state index contributed by atoms with van der Waals surface area (Å²) in [5.74, 6) is 1.85. The fraction of sp³-hybridized carbons (Fsp3) is 0.667. The largest absolute Gasteiger partial charge is 0.496 e. The van der Waals surface area contributed by atoms with Crippen LogP contribution in [0.15, 0.2) is 12.1 Å². The number of benzene rings is 1. The molecule has 2 nitrogen and oxygen atoms in total. The zero-order valence-corrected chi connectivity index (χ0v) is 13.7. The van der Waals surface area contributed by atoms with Crippen molar-refractivity contribution in [3.05, 3.63) is 28.8 Å². The van der Waals surface area contributed by atoms with E-state index in [1.54, 1.807) is 0 Å². The molecule has 2 rings (SSSR count). The molecule has 0 spiro atoms. The summed E-state index contributed by atoms with van der Waals surface area (Å²) in [6.07, 6.45) is 3.75. The van der Waals surface area contributed by atoms with E-state index in [0.29, 0.717) is 0 Å². The van der Waals surface area contributed by atoms with Gasteiger partial charge in [0.05, 0.1) is 7.11 Å². The predicted octanol–water partition coefficient (Wildman–Crippen LogP) is 3.84. The Labute approximate surface area is 123 Å². The molecule has 0 amide bonds. The Morgan fingerprint density at radius 1 is 1.30 bits per heavy atom. The first-order valence-electron chi connectivity index (χ1n) is 7.80. The third kappa shape index (κ3) is 3.54. The average Bonchev–Trinajstić information content (AvgIpc) is 2.38. The molecule has 1 heterocycles. The lowest BCUT2D eigenvalue weighted by Gasteiger charge is -2.27. The Kier molecular flexibility index (Phi) is 4.74. The monoisotopic (exact) mass is 275 g/mol. The van der Waals surface area contributed by atoms with Crippen LogP contribution in [0.4, 0.5) is 0 Å². The first-order chi connectivity index (χ1) is 9.41. The van der Waals surface area contributed by atoms with Crippen molar-refractivity contribution in [3.8, 4) is 5.75 Å². The van der Waals surface area contributed by atoms with Crippen LogP contribution in [0.2, 0.25) is 0 Å². The number of hydrogen-bond donors (Lipinski definition) is 1. The predicted molar refractivity (Wildman–Crippen MR) is 85.7 cm³/mol. The molecule has 1 aliphatic rings. The van der Waals surface area contributed by atoms with Crippen molar-refractivity contribution >= 4 is 0 Å². The Hall–Kier alpha value is -1.02. The second-order valence-electron chi connectivity index (χ2n) is 7.17. The van der Waals surface area contributed by atoms with Crippen LogP contribution in [0.3, 0.4) is 0 Å². The van der Waals surface area contributed by atoms with Crippen molar-refractivity contribution in [2.75, 3.05) is 20.2 Å². The molecular formula is C18H29NO. The standard InChI is InChI=1S/C18H29NO/c1-13-9-15(11-14-7-6-8-19-12-14)17(20-5)16(10-13)18(2,3)4/h9-10,14,19H,6-8,11-12H2,1-5H3. The van der Waals surface area contributed by atoms with Crippen LogP contribution in [-0.4, -0.2) is 20.2 Å². The molecule has 0 aromatic heterocycles. The Bertz CT molecular complexity index is 453. The lowest BCUT2D eigenvalue weighted by atomic mass is 9.82. The van der Waals surface area contributed by atoms with Crippen molar-refractivity contribution in [1.82, 2.24) is 5.32 Å². The van der Waals surface area contributed by atoms with Crippen LogP contribution in [0, 0.1) is 12.8 Å². The fourth-order valence-electron chi connectivity index (χ4n) is 3.21. The highest BCUT2D eigenvalue weighted by molar-refractivity contribution is 5.48. The number of piperidine rings is 1. The van der Waals surface area contributed by atoms with Crippen molar-refractivity contribution in [1.29, 1.82) is 0 Å². The van der Waals surface area contributed by atoms with Crippen LogP contribution in [0.25, 0.3) is 0 Å². The van der Waals surface area contributed by atoms with Crippen LogP contribution in [0.5, 0.6) is 5.75 Å². The molecular weight excluding hydrogens is 246 g/mol. The van der Waals surface area contributed by atoms with Crippen molar-refractivity contribution in [2.45, 2.75) is 52.4 Å². The van der Waals surface area contributed by atoms with Gasteiger partial charge in [0.2, 0.25) is 0 Å². The van der Waals surface area contributed by atoms with Gasteiger partial charge in [-0.05, 0) is 56.2 Å². The molecule has 1 unspecified atom stereocenters. The topological polar surface area (TPSA) is 21.3 Å². The van der Waals surface area contributed by atoms with Crippen molar-refractivity contribution < 1.29 is 4.74 Å². The van der Waals surface area contributed by atoms with Gasteiger partial charge < -0.3 is 10.1 Å². The number of hydrogen-bond acceptors (Lipinski definition) is 2. The summed E-state index contributed by atoms with van der Waals surface area (Å²) < 4.78 is 5.78. The van der Waals surface area contributed by atoms with Gasteiger partial charge in [0.25, 0.3) is 0 Å². The highest BCUT2D eigenvalue weighted by atomic mass is 16.5. The number of nitrogens with one attached hydrogen (secondary N) is 1. The molecule has 0 aliphatic carbocycles. The number of aryl methyl sites for hydroxylation is 1. The quantitative estimate of drug-likeness (QED) is 0.905. The van der Waals surface area contributed by atoms with E-state index < -0.39 is 0 Å². The van der Waals surface area contributed by atoms with E-state index in [1.165, 1.54) is 36.1 Å². The molecule has 0 bridgehead atoms. The van der Waals surface area contributed by atoms with Crippen LogP contribution >= 0.6 is 0 Å². The van der Waals surface area contributed by atoms with Gasteiger partial charge in [0, 0.05) is 5.56 Å². The molecule has 2 heteroatoms. The van der Waals surface area contributed by atoms with Gasteiger partial charge in [-0.3, -0.25) is 0 Å². The molecule has 1 atom stereocenters. The number of ether oxygens (including phenoxy) is 1. The van der Waals surface area contributed by atoms with Crippen LogP contribution in [-0.2, 0) is 11.8 Å². The SMILES string of the molecule is COc1c(CC2CCCNC2)cc(C)cc1C(C)(C)C. The van der Waals surface area contributed by atoms with Gasteiger partial charge in [-0.2, -0.15) is 0 Å². The Morgan fingerprint density at radius 2 is 2.05 bits per heavy atom. The smallest absolute Gasteiger partial charge is 0.125 e. The molecule has 0 saturated carbocycles. The Morgan fingerprint density at radius 3 is 2.60 bits per heavy atom. The number of rotatable bonds is 3. The minimum Gasteiger partial charge on any atom is -0.496 e. The van der Waals surface area contributed by atoms with Gasteiger partial charge >= 0.3 is 0 Å². The number of methoxy groups -OCH3 is 1. The molecule has 1 aromatic rings. The molecule has 20 heavy (non-hydrogen) atoms. The summed E-state index contributed by atoms with van der Waals surface area (Å²) in [6.45, 7) is 11.3. The lowest BCUT2D eigenvalue weighted by Crippen LogP contribution is -2.31. The molecule has 1 aliphatic heterocycles. The normalized spacial score (nSPS) is 19.9. The molecule has 0 radical (unpaired) electrons. The maximum atomic E-state index is 5.78. The van der Waals surface area contributed by atoms with E-state index >= 15 is 0 Å². The van der Waals surface area contributed by atoms with Gasteiger partial charge in [-0.1, -0.05) is 38.5 Å². The molecule has 112 valence electrons. The summed E-state index contributed by atoms with van der Waals surface area (Å²) in [6, 6.07) is 4.59. The van der Waals surface area contributed by atoms with Crippen LogP contribution in [0.1, 0.15) is 50.3 Å². The molecule has 1 saturated heterocycles. The second-order valence-corrected chi connectivity index (χ2v) is 7.17. The molecule has 1 fully saturated rings. The summed E-state index contributed by atoms with van der Waals surface area (Å²) in [5.41, 5.74) is 4.18. The van der Waals surface area contributed by atoms with Crippen molar-refractivity contribution in [3.63, 3.8) is 0 Å². The maximum absolute atomic E-state index is 5.78. The summed E-state index contributed by atoms with van der Waals surface area (Å²) in [4.78, 5) is 0. The molecule has 1 N–H and O–H groups in total. The first-order valence-corrected chi connectivity index (χ1v) is 7.80. The first kappa shape index (κ1) is 15.4.